The van der Waals surface area contributed by atoms with Crippen molar-refractivity contribution in [2.75, 3.05) is 5.73 Å². The molecule has 2 aromatic rings. The van der Waals surface area contributed by atoms with E-state index < -0.39 is 0 Å². The van der Waals surface area contributed by atoms with Gasteiger partial charge in [0, 0.05) is 29.2 Å². The molecule has 3 N–H and O–H groups in total. The summed E-state index contributed by atoms with van der Waals surface area (Å²) in [4.78, 5) is 8.20. The zero-order valence-corrected chi connectivity index (χ0v) is 9.23. The van der Waals surface area contributed by atoms with E-state index in [9.17, 15) is 5.11 Å². The molecule has 0 radical (unpaired) electrons. The van der Waals surface area contributed by atoms with Gasteiger partial charge >= 0.3 is 0 Å². The molecule has 0 saturated heterocycles. The Morgan fingerprint density at radius 2 is 2.00 bits per heavy atom. The zero-order chi connectivity index (χ0) is 11.7. The molecule has 82 valence electrons. The molecule has 1 aromatic carbocycles. The van der Waals surface area contributed by atoms with Crippen LogP contribution >= 0.6 is 0 Å². The topological polar surface area (TPSA) is 72.0 Å². The lowest BCUT2D eigenvalue weighted by Gasteiger charge is -2.11. The number of aromatic nitrogens is 2. The third kappa shape index (κ3) is 1.58. The van der Waals surface area contributed by atoms with E-state index in [1.54, 1.807) is 25.5 Å². The van der Waals surface area contributed by atoms with Gasteiger partial charge in [0.1, 0.15) is 5.75 Å². The molecule has 1 aromatic heterocycles. The van der Waals surface area contributed by atoms with Crippen LogP contribution < -0.4 is 5.73 Å². The number of hydrogen-bond donors (Lipinski definition) is 2. The Bertz CT molecular complexity index is 524. The van der Waals surface area contributed by atoms with Crippen molar-refractivity contribution in [2.24, 2.45) is 0 Å². The number of aromatic hydroxyl groups is 1. The van der Waals surface area contributed by atoms with Crippen LogP contribution in [0.2, 0.25) is 0 Å². The van der Waals surface area contributed by atoms with Gasteiger partial charge in [-0.3, -0.25) is 9.97 Å². The molecule has 0 aliphatic heterocycles. The van der Waals surface area contributed by atoms with Crippen LogP contribution in [0.3, 0.4) is 0 Å². The summed E-state index contributed by atoms with van der Waals surface area (Å²) in [5, 5.41) is 9.74. The lowest BCUT2D eigenvalue weighted by molar-refractivity contribution is 0.467. The van der Waals surface area contributed by atoms with Gasteiger partial charge in [0.2, 0.25) is 0 Å². The lowest BCUT2D eigenvalue weighted by atomic mass is 10.0. The Hall–Kier alpha value is -2.10. The van der Waals surface area contributed by atoms with Crippen LogP contribution in [-0.4, -0.2) is 15.1 Å². The van der Waals surface area contributed by atoms with E-state index in [2.05, 4.69) is 9.97 Å². The second-order valence-electron chi connectivity index (χ2n) is 3.72. The molecule has 2 rings (SSSR count). The molecule has 0 aliphatic carbocycles. The minimum Gasteiger partial charge on any atom is -0.507 e. The predicted molar refractivity (Wildman–Crippen MR) is 63.0 cm³/mol. The number of phenolic OH excluding ortho intramolecular Hbond substituents is 1. The number of aryl methyl sites for hydroxylation is 1. The summed E-state index contributed by atoms with van der Waals surface area (Å²) < 4.78 is 0. The molecule has 0 amide bonds. The summed E-state index contributed by atoms with van der Waals surface area (Å²) in [7, 11) is 0. The third-order valence-corrected chi connectivity index (χ3v) is 2.62. The Labute approximate surface area is 93.8 Å². The van der Waals surface area contributed by atoms with Gasteiger partial charge in [0.05, 0.1) is 11.9 Å². The third-order valence-electron chi connectivity index (χ3n) is 2.62. The smallest absolute Gasteiger partial charge is 0.123 e. The van der Waals surface area contributed by atoms with Gasteiger partial charge in [0.25, 0.3) is 0 Å². The van der Waals surface area contributed by atoms with Crippen LogP contribution in [0.25, 0.3) is 11.3 Å². The monoisotopic (exact) mass is 215 g/mol. The second-order valence-corrected chi connectivity index (χ2v) is 3.72. The van der Waals surface area contributed by atoms with E-state index in [4.69, 9.17) is 5.73 Å². The zero-order valence-electron chi connectivity index (χ0n) is 9.23. The van der Waals surface area contributed by atoms with Crippen molar-refractivity contribution >= 4 is 5.69 Å². The number of benzene rings is 1. The highest BCUT2D eigenvalue weighted by Crippen LogP contribution is 2.34. The standard InChI is InChI=1S/C12H13N3O/c1-7-5-9(10-6-14-3-4-15-10)11(13)8(2)12(7)16/h3-6,16H,13H2,1-2H3. The highest BCUT2D eigenvalue weighted by Gasteiger charge is 2.12. The molecule has 16 heavy (non-hydrogen) atoms. The van der Waals surface area contributed by atoms with E-state index in [0.717, 1.165) is 11.1 Å². The Morgan fingerprint density at radius 1 is 1.25 bits per heavy atom. The highest BCUT2D eigenvalue weighted by atomic mass is 16.3. The number of hydrogen-bond acceptors (Lipinski definition) is 4. The van der Waals surface area contributed by atoms with Crippen molar-refractivity contribution in [2.45, 2.75) is 13.8 Å². The van der Waals surface area contributed by atoms with Crippen LogP contribution in [0.5, 0.6) is 5.75 Å². The van der Waals surface area contributed by atoms with E-state index >= 15 is 0 Å². The maximum absolute atomic E-state index is 9.74. The summed E-state index contributed by atoms with van der Waals surface area (Å²) in [6.45, 7) is 3.62. The first kappa shape index (κ1) is 10.4. The Morgan fingerprint density at radius 3 is 2.62 bits per heavy atom. The lowest BCUT2D eigenvalue weighted by Crippen LogP contribution is -1.97. The quantitative estimate of drug-likeness (QED) is 0.714. The van der Waals surface area contributed by atoms with Crippen LogP contribution in [0.1, 0.15) is 11.1 Å². The highest BCUT2D eigenvalue weighted by molar-refractivity contribution is 5.79. The maximum Gasteiger partial charge on any atom is 0.123 e. The largest absolute Gasteiger partial charge is 0.507 e. The predicted octanol–water partition coefficient (Wildman–Crippen LogP) is 2.05. The maximum atomic E-state index is 9.74. The minimum atomic E-state index is 0.241. The molecular formula is C12H13N3O. The van der Waals surface area contributed by atoms with Crippen LogP contribution in [-0.2, 0) is 0 Å². The molecule has 0 bridgehead atoms. The van der Waals surface area contributed by atoms with Crippen molar-refractivity contribution in [3.63, 3.8) is 0 Å². The van der Waals surface area contributed by atoms with Crippen LogP contribution in [0, 0.1) is 13.8 Å². The number of nitrogen functional groups attached to an aromatic ring is 1. The number of anilines is 1. The van der Waals surface area contributed by atoms with Gasteiger partial charge in [-0.15, -0.1) is 0 Å². The first-order valence-corrected chi connectivity index (χ1v) is 4.96. The summed E-state index contributed by atoms with van der Waals surface area (Å²) in [5.41, 5.74) is 9.49. The van der Waals surface area contributed by atoms with Gasteiger partial charge in [0.15, 0.2) is 0 Å². The molecule has 0 fully saturated rings. The normalized spacial score (nSPS) is 10.4. The summed E-state index contributed by atoms with van der Waals surface area (Å²) in [6.07, 6.45) is 4.88. The molecule has 0 saturated carbocycles. The molecule has 4 nitrogen and oxygen atoms in total. The van der Waals surface area contributed by atoms with Crippen molar-refractivity contribution in [3.8, 4) is 17.0 Å². The fraction of sp³-hybridized carbons (Fsp3) is 0.167. The molecular weight excluding hydrogens is 202 g/mol. The molecule has 0 atom stereocenters. The fourth-order valence-corrected chi connectivity index (χ4v) is 1.64. The van der Waals surface area contributed by atoms with Crippen molar-refractivity contribution in [3.05, 3.63) is 35.8 Å². The minimum absolute atomic E-state index is 0.241. The molecule has 0 aliphatic rings. The van der Waals surface area contributed by atoms with Gasteiger partial charge in [-0.05, 0) is 25.5 Å². The Balaban J connectivity index is 2.68. The first-order chi connectivity index (χ1) is 7.61. The van der Waals surface area contributed by atoms with Gasteiger partial charge < -0.3 is 10.8 Å². The van der Waals surface area contributed by atoms with Gasteiger partial charge in [-0.25, -0.2) is 0 Å². The summed E-state index contributed by atoms with van der Waals surface area (Å²) >= 11 is 0. The molecule has 0 unspecified atom stereocenters. The number of phenols is 1. The van der Waals surface area contributed by atoms with E-state index in [-0.39, 0.29) is 5.75 Å². The van der Waals surface area contributed by atoms with Crippen LogP contribution in [0.4, 0.5) is 5.69 Å². The number of nitrogens with zero attached hydrogens (tertiary/aromatic N) is 2. The average Bonchev–Trinajstić information content (AvgIpc) is 2.32. The average molecular weight is 215 g/mol. The van der Waals surface area contributed by atoms with Crippen molar-refractivity contribution in [1.29, 1.82) is 0 Å². The van der Waals surface area contributed by atoms with E-state index in [0.29, 0.717) is 16.9 Å². The molecule has 1 heterocycles. The molecule has 0 spiro atoms. The number of rotatable bonds is 1. The summed E-state index contributed by atoms with van der Waals surface area (Å²) in [5.74, 6) is 0.241. The van der Waals surface area contributed by atoms with Crippen molar-refractivity contribution < 1.29 is 5.11 Å². The fourth-order valence-electron chi connectivity index (χ4n) is 1.64. The number of nitrogens with two attached hydrogens (primary N) is 1. The van der Waals surface area contributed by atoms with Gasteiger partial charge in [-0.1, -0.05) is 0 Å². The van der Waals surface area contributed by atoms with Crippen LogP contribution in [0.15, 0.2) is 24.7 Å². The summed E-state index contributed by atoms with van der Waals surface area (Å²) in [6, 6.07) is 1.82. The van der Waals surface area contributed by atoms with E-state index in [1.807, 2.05) is 13.0 Å². The van der Waals surface area contributed by atoms with E-state index in [1.165, 1.54) is 0 Å². The van der Waals surface area contributed by atoms with Crippen molar-refractivity contribution in [1.82, 2.24) is 9.97 Å². The first-order valence-electron chi connectivity index (χ1n) is 4.96. The Kier molecular flexibility index (Phi) is 2.48. The molecule has 4 heteroatoms. The second kappa shape index (κ2) is 3.81. The van der Waals surface area contributed by atoms with Gasteiger partial charge in [-0.2, -0.15) is 0 Å². The SMILES string of the molecule is Cc1cc(-c2cnccn2)c(N)c(C)c1O.